The quantitative estimate of drug-likeness (QED) is 0.510. The minimum atomic E-state index is 0.473. The Labute approximate surface area is 56.4 Å². The van der Waals surface area contributed by atoms with Crippen molar-refractivity contribution in [2.45, 2.75) is 32.9 Å². The van der Waals surface area contributed by atoms with Crippen molar-refractivity contribution in [1.82, 2.24) is 5.32 Å². The minimum Gasteiger partial charge on any atom is -0.307 e. The van der Waals surface area contributed by atoms with E-state index in [1.54, 1.807) is 0 Å². The lowest BCUT2D eigenvalue weighted by Gasteiger charge is -2.22. The van der Waals surface area contributed by atoms with Crippen LogP contribution < -0.4 is 5.32 Å². The molecule has 0 fully saturated rings. The predicted octanol–water partition coefficient (Wildman–Crippen LogP) is 0.828. The topological polar surface area (TPSA) is 24.4 Å². The van der Waals surface area contributed by atoms with Gasteiger partial charge in [-0.25, -0.2) is 0 Å². The molecule has 1 aliphatic heterocycles. The molecule has 0 unspecified atom stereocenters. The fourth-order valence-electron chi connectivity index (χ4n) is 1.00. The zero-order valence-electron chi connectivity index (χ0n) is 6.31. The van der Waals surface area contributed by atoms with Crippen molar-refractivity contribution in [2.24, 2.45) is 4.99 Å². The van der Waals surface area contributed by atoms with Crippen LogP contribution in [0.3, 0.4) is 0 Å². The number of aliphatic imine (C=N–C) groups is 1. The normalized spacial score (nSPS) is 36.1. The van der Waals surface area contributed by atoms with Crippen LogP contribution in [0.1, 0.15) is 20.8 Å². The lowest BCUT2D eigenvalue weighted by Crippen LogP contribution is -2.41. The molecule has 1 rings (SSSR count). The third-order valence-corrected chi connectivity index (χ3v) is 1.77. The Balaban J connectivity index is 2.61. The average molecular weight is 126 g/mol. The molecule has 1 heterocycles. The van der Waals surface area contributed by atoms with Crippen LogP contribution in [0.4, 0.5) is 0 Å². The first-order valence-electron chi connectivity index (χ1n) is 3.48. The van der Waals surface area contributed by atoms with Gasteiger partial charge in [0.15, 0.2) is 0 Å². The lowest BCUT2D eigenvalue weighted by atomic mass is 10.1. The van der Waals surface area contributed by atoms with Crippen LogP contribution in [0.5, 0.6) is 0 Å². The van der Waals surface area contributed by atoms with Gasteiger partial charge in [-0.1, -0.05) is 0 Å². The third-order valence-electron chi connectivity index (χ3n) is 1.77. The summed E-state index contributed by atoms with van der Waals surface area (Å²) in [5.74, 6) is 0. The smallest absolute Gasteiger partial charge is 0.0596 e. The summed E-state index contributed by atoms with van der Waals surface area (Å²) < 4.78 is 0. The number of rotatable bonds is 0. The lowest BCUT2D eigenvalue weighted by molar-refractivity contribution is 0.556. The van der Waals surface area contributed by atoms with E-state index in [-0.39, 0.29) is 0 Å². The van der Waals surface area contributed by atoms with Crippen LogP contribution in [0.2, 0.25) is 0 Å². The molecule has 0 amide bonds. The number of nitrogens with zero attached hydrogens (tertiary/aromatic N) is 1. The van der Waals surface area contributed by atoms with Crippen LogP contribution in [0.15, 0.2) is 4.99 Å². The maximum Gasteiger partial charge on any atom is 0.0596 e. The first kappa shape index (κ1) is 6.75. The van der Waals surface area contributed by atoms with Gasteiger partial charge in [0.2, 0.25) is 0 Å². The van der Waals surface area contributed by atoms with Crippen molar-refractivity contribution in [3.63, 3.8) is 0 Å². The van der Waals surface area contributed by atoms with Crippen LogP contribution in [-0.4, -0.2) is 24.3 Å². The highest BCUT2D eigenvalue weighted by molar-refractivity contribution is 5.87. The molecule has 0 aromatic rings. The largest absolute Gasteiger partial charge is 0.307 e. The van der Waals surface area contributed by atoms with E-state index >= 15 is 0 Å². The predicted molar refractivity (Wildman–Crippen MR) is 40.0 cm³/mol. The van der Waals surface area contributed by atoms with Gasteiger partial charge in [0.05, 0.1) is 6.04 Å². The van der Waals surface area contributed by atoms with Gasteiger partial charge < -0.3 is 5.32 Å². The molecule has 0 aliphatic carbocycles. The molecule has 0 bridgehead atoms. The van der Waals surface area contributed by atoms with Crippen molar-refractivity contribution in [3.8, 4) is 0 Å². The highest BCUT2D eigenvalue weighted by Crippen LogP contribution is 1.99. The number of hydrogen-bond acceptors (Lipinski definition) is 2. The maximum atomic E-state index is 4.42. The van der Waals surface area contributed by atoms with E-state index in [0.29, 0.717) is 12.1 Å². The Bertz CT molecular complexity index is 129. The Morgan fingerprint density at radius 3 is 2.67 bits per heavy atom. The Hall–Kier alpha value is -0.370. The van der Waals surface area contributed by atoms with E-state index in [4.69, 9.17) is 0 Å². The summed E-state index contributed by atoms with van der Waals surface area (Å²) in [6.07, 6.45) is 0. The van der Waals surface area contributed by atoms with Crippen molar-refractivity contribution < 1.29 is 0 Å². The summed E-state index contributed by atoms with van der Waals surface area (Å²) in [4.78, 5) is 4.42. The molecule has 52 valence electrons. The number of nitrogens with one attached hydrogen (secondary N) is 1. The standard InChI is InChI=1S/C7H14N2/c1-5-4-8-6(2)7(3)9-5/h5-6,8H,4H2,1-3H3/t5-,6+/m1/s1. The maximum absolute atomic E-state index is 4.42. The van der Waals surface area contributed by atoms with Crippen LogP contribution in [-0.2, 0) is 0 Å². The van der Waals surface area contributed by atoms with E-state index in [1.807, 2.05) is 0 Å². The van der Waals surface area contributed by atoms with Gasteiger partial charge in [-0.05, 0) is 20.8 Å². The molecule has 1 N–H and O–H groups in total. The van der Waals surface area contributed by atoms with Crippen LogP contribution in [0, 0.1) is 0 Å². The molecule has 9 heavy (non-hydrogen) atoms. The van der Waals surface area contributed by atoms with E-state index in [1.165, 1.54) is 5.71 Å². The highest BCUT2D eigenvalue weighted by Gasteiger charge is 2.12. The third kappa shape index (κ3) is 1.52. The second kappa shape index (κ2) is 2.48. The summed E-state index contributed by atoms with van der Waals surface area (Å²) in [5, 5.41) is 3.35. The van der Waals surface area contributed by atoms with Crippen molar-refractivity contribution in [2.75, 3.05) is 6.54 Å². The van der Waals surface area contributed by atoms with E-state index < -0.39 is 0 Å². The molecule has 0 saturated carbocycles. The molecule has 2 atom stereocenters. The second-order valence-corrected chi connectivity index (χ2v) is 2.75. The second-order valence-electron chi connectivity index (χ2n) is 2.75. The zero-order chi connectivity index (χ0) is 6.85. The molecule has 0 radical (unpaired) electrons. The van der Waals surface area contributed by atoms with Gasteiger partial charge in [-0.3, -0.25) is 4.99 Å². The van der Waals surface area contributed by atoms with Gasteiger partial charge in [0.25, 0.3) is 0 Å². The fraction of sp³-hybridized carbons (Fsp3) is 0.857. The molecule has 0 aromatic heterocycles. The van der Waals surface area contributed by atoms with Crippen molar-refractivity contribution in [3.05, 3.63) is 0 Å². The van der Waals surface area contributed by atoms with Crippen LogP contribution in [0.25, 0.3) is 0 Å². The Morgan fingerprint density at radius 1 is 1.56 bits per heavy atom. The summed E-state index contributed by atoms with van der Waals surface area (Å²) in [7, 11) is 0. The Morgan fingerprint density at radius 2 is 2.22 bits per heavy atom. The average Bonchev–Trinajstić information content (AvgIpc) is 1.80. The van der Waals surface area contributed by atoms with Gasteiger partial charge in [-0.15, -0.1) is 0 Å². The fourth-order valence-corrected chi connectivity index (χ4v) is 1.00. The first-order valence-corrected chi connectivity index (χ1v) is 3.48. The van der Waals surface area contributed by atoms with Gasteiger partial charge >= 0.3 is 0 Å². The molecule has 2 nitrogen and oxygen atoms in total. The summed E-state index contributed by atoms with van der Waals surface area (Å²) >= 11 is 0. The molecule has 2 heteroatoms. The summed E-state index contributed by atoms with van der Waals surface area (Å²) in [6.45, 7) is 7.37. The zero-order valence-corrected chi connectivity index (χ0v) is 6.31. The minimum absolute atomic E-state index is 0.473. The molecular formula is C7H14N2. The monoisotopic (exact) mass is 126 g/mol. The van der Waals surface area contributed by atoms with E-state index in [2.05, 4.69) is 31.1 Å². The van der Waals surface area contributed by atoms with Crippen molar-refractivity contribution in [1.29, 1.82) is 0 Å². The molecular weight excluding hydrogens is 112 g/mol. The molecule has 0 saturated heterocycles. The van der Waals surface area contributed by atoms with Gasteiger partial charge in [0.1, 0.15) is 0 Å². The summed E-state index contributed by atoms with van der Waals surface area (Å²) in [5.41, 5.74) is 1.23. The molecule has 0 aromatic carbocycles. The van der Waals surface area contributed by atoms with Crippen molar-refractivity contribution >= 4 is 5.71 Å². The highest BCUT2D eigenvalue weighted by atomic mass is 15.0. The van der Waals surface area contributed by atoms with Crippen LogP contribution >= 0.6 is 0 Å². The van der Waals surface area contributed by atoms with Gasteiger partial charge in [-0.2, -0.15) is 0 Å². The van der Waals surface area contributed by atoms with E-state index in [9.17, 15) is 0 Å². The Kier molecular flexibility index (Phi) is 1.86. The molecule has 1 aliphatic rings. The first-order chi connectivity index (χ1) is 4.20. The van der Waals surface area contributed by atoms with E-state index in [0.717, 1.165) is 6.54 Å². The summed E-state index contributed by atoms with van der Waals surface area (Å²) in [6, 6.07) is 0.961. The number of hydrogen-bond donors (Lipinski definition) is 1. The van der Waals surface area contributed by atoms with Gasteiger partial charge in [0, 0.05) is 18.3 Å². The molecule has 0 spiro atoms. The SMILES string of the molecule is CC1=N[C@H](C)CN[C@H]1C.